The molecule has 0 aliphatic carbocycles. The quantitative estimate of drug-likeness (QED) is 0.338. The van der Waals surface area contributed by atoms with Gasteiger partial charge in [0.2, 0.25) is 0 Å². The zero-order valence-electron chi connectivity index (χ0n) is 15.6. The fourth-order valence-electron chi connectivity index (χ4n) is 3.39. The fourth-order valence-corrected chi connectivity index (χ4v) is 3.65. The monoisotopic (exact) mass is 442 g/mol. The predicted octanol–water partition coefficient (Wildman–Crippen LogP) is 6.87. The smallest absolute Gasteiger partial charge is 0.115 e. The SMILES string of the molecule is Oc1ccc(C(=C(c2ccccc2)c2ccc(Br)cc2)c2ccc(O)cc2)cc1. The normalized spacial score (nSPS) is 10.5. The molecule has 142 valence electrons. The Morgan fingerprint density at radius 3 is 1.21 bits per heavy atom. The number of benzene rings is 4. The Morgan fingerprint density at radius 1 is 0.448 bits per heavy atom. The van der Waals surface area contributed by atoms with E-state index in [-0.39, 0.29) is 11.5 Å². The summed E-state index contributed by atoms with van der Waals surface area (Å²) in [4.78, 5) is 0. The third kappa shape index (κ3) is 4.25. The van der Waals surface area contributed by atoms with Crippen LogP contribution >= 0.6 is 15.9 Å². The maximum Gasteiger partial charge on any atom is 0.115 e. The second-order valence-electron chi connectivity index (χ2n) is 6.72. The van der Waals surface area contributed by atoms with Gasteiger partial charge < -0.3 is 10.2 Å². The fraction of sp³-hybridized carbons (Fsp3) is 0. The minimum atomic E-state index is 0.226. The molecular formula is C26H19BrO2. The van der Waals surface area contributed by atoms with Crippen molar-refractivity contribution in [1.29, 1.82) is 0 Å². The lowest BCUT2D eigenvalue weighted by Crippen LogP contribution is -1.97. The van der Waals surface area contributed by atoms with Gasteiger partial charge in [0.1, 0.15) is 11.5 Å². The highest BCUT2D eigenvalue weighted by atomic mass is 79.9. The van der Waals surface area contributed by atoms with Crippen molar-refractivity contribution in [3.8, 4) is 11.5 Å². The number of hydrogen-bond donors (Lipinski definition) is 2. The largest absolute Gasteiger partial charge is 0.508 e. The maximum absolute atomic E-state index is 9.79. The molecule has 0 aliphatic heterocycles. The van der Waals surface area contributed by atoms with Crippen molar-refractivity contribution in [2.45, 2.75) is 0 Å². The molecule has 0 atom stereocenters. The van der Waals surface area contributed by atoms with Crippen LogP contribution in [-0.2, 0) is 0 Å². The third-order valence-corrected chi connectivity index (χ3v) is 5.29. The molecule has 4 aromatic carbocycles. The molecule has 0 bridgehead atoms. The average Bonchev–Trinajstić information content (AvgIpc) is 2.75. The molecule has 29 heavy (non-hydrogen) atoms. The van der Waals surface area contributed by atoms with Crippen molar-refractivity contribution in [3.63, 3.8) is 0 Å². The van der Waals surface area contributed by atoms with E-state index in [0.29, 0.717) is 0 Å². The highest BCUT2D eigenvalue weighted by Gasteiger charge is 2.16. The summed E-state index contributed by atoms with van der Waals surface area (Å²) in [6.07, 6.45) is 0. The van der Waals surface area contributed by atoms with Gasteiger partial charge in [-0.3, -0.25) is 0 Å². The molecule has 0 aliphatic rings. The third-order valence-electron chi connectivity index (χ3n) is 4.76. The van der Waals surface area contributed by atoms with Gasteiger partial charge in [-0.2, -0.15) is 0 Å². The number of phenols is 2. The number of phenolic OH excluding ortho intramolecular Hbond substituents is 2. The molecule has 4 rings (SSSR count). The van der Waals surface area contributed by atoms with E-state index in [1.165, 1.54) is 0 Å². The van der Waals surface area contributed by atoms with Gasteiger partial charge in [-0.05, 0) is 69.8 Å². The number of hydrogen-bond acceptors (Lipinski definition) is 2. The standard InChI is InChI=1S/C26H19BrO2/c27-22-12-6-19(7-13-22)25(18-4-2-1-3-5-18)26(20-8-14-23(28)15-9-20)21-10-16-24(29)17-11-21/h1-17,28-29H. The molecule has 4 aromatic rings. The maximum atomic E-state index is 9.79. The van der Waals surface area contributed by atoms with Crippen molar-refractivity contribution in [1.82, 2.24) is 0 Å². The van der Waals surface area contributed by atoms with Crippen LogP contribution in [0.5, 0.6) is 11.5 Å². The summed E-state index contributed by atoms with van der Waals surface area (Å²) in [7, 11) is 0. The molecule has 2 nitrogen and oxygen atoms in total. The first-order valence-electron chi connectivity index (χ1n) is 9.26. The van der Waals surface area contributed by atoms with Gasteiger partial charge in [-0.1, -0.05) is 82.7 Å². The zero-order chi connectivity index (χ0) is 20.2. The van der Waals surface area contributed by atoms with Crippen molar-refractivity contribution in [2.75, 3.05) is 0 Å². The molecule has 3 heteroatoms. The van der Waals surface area contributed by atoms with Crippen LogP contribution in [-0.4, -0.2) is 10.2 Å². The van der Waals surface area contributed by atoms with Crippen LogP contribution in [0, 0.1) is 0 Å². The van der Waals surface area contributed by atoms with Gasteiger partial charge in [0.25, 0.3) is 0 Å². The second-order valence-corrected chi connectivity index (χ2v) is 7.63. The second kappa shape index (κ2) is 8.38. The lowest BCUT2D eigenvalue weighted by Gasteiger charge is -2.18. The van der Waals surface area contributed by atoms with Crippen LogP contribution in [0.25, 0.3) is 11.1 Å². The van der Waals surface area contributed by atoms with Gasteiger partial charge in [0.15, 0.2) is 0 Å². The molecular weight excluding hydrogens is 424 g/mol. The minimum Gasteiger partial charge on any atom is -0.508 e. The molecule has 0 saturated heterocycles. The van der Waals surface area contributed by atoms with Gasteiger partial charge in [-0.25, -0.2) is 0 Å². The molecule has 2 N–H and O–H groups in total. The molecule has 0 amide bonds. The highest BCUT2D eigenvalue weighted by molar-refractivity contribution is 9.10. The van der Waals surface area contributed by atoms with Crippen LogP contribution < -0.4 is 0 Å². The Balaban J connectivity index is 2.08. The lowest BCUT2D eigenvalue weighted by molar-refractivity contribution is 0.475. The molecule has 0 fully saturated rings. The molecule has 0 aromatic heterocycles. The van der Waals surface area contributed by atoms with Gasteiger partial charge >= 0.3 is 0 Å². The van der Waals surface area contributed by atoms with E-state index in [0.717, 1.165) is 37.9 Å². The van der Waals surface area contributed by atoms with E-state index in [9.17, 15) is 10.2 Å². The zero-order valence-corrected chi connectivity index (χ0v) is 17.2. The van der Waals surface area contributed by atoms with Gasteiger partial charge in [0.05, 0.1) is 0 Å². The summed E-state index contributed by atoms with van der Waals surface area (Å²) < 4.78 is 1.02. The number of aromatic hydroxyl groups is 2. The summed E-state index contributed by atoms with van der Waals surface area (Å²) in [6, 6.07) is 32.9. The summed E-state index contributed by atoms with van der Waals surface area (Å²) in [5.74, 6) is 0.451. The van der Waals surface area contributed by atoms with Crippen LogP contribution in [0.3, 0.4) is 0 Å². The molecule has 0 saturated carbocycles. The van der Waals surface area contributed by atoms with Crippen molar-refractivity contribution in [2.24, 2.45) is 0 Å². The van der Waals surface area contributed by atoms with Crippen LogP contribution in [0.2, 0.25) is 0 Å². The van der Waals surface area contributed by atoms with E-state index in [2.05, 4.69) is 40.2 Å². The molecule has 0 heterocycles. The Bertz CT molecular complexity index is 1080. The summed E-state index contributed by atoms with van der Waals surface area (Å²) in [6.45, 7) is 0. The Morgan fingerprint density at radius 2 is 0.793 bits per heavy atom. The molecule has 0 radical (unpaired) electrons. The molecule has 0 unspecified atom stereocenters. The van der Waals surface area contributed by atoms with E-state index >= 15 is 0 Å². The van der Waals surface area contributed by atoms with Gasteiger partial charge in [0, 0.05) is 4.47 Å². The van der Waals surface area contributed by atoms with E-state index in [1.54, 1.807) is 24.3 Å². The van der Waals surface area contributed by atoms with E-state index < -0.39 is 0 Å². The van der Waals surface area contributed by atoms with Crippen molar-refractivity contribution < 1.29 is 10.2 Å². The van der Waals surface area contributed by atoms with Crippen molar-refractivity contribution in [3.05, 3.63) is 130 Å². The first-order valence-corrected chi connectivity index (χ1v) is 10.1. The van der Waals surface area contributed by atoms with Gasteiger partial charge in [-0.15, -0.1) is 0 Å². The van der Waals surface area contributed by atoms with Crippen LogP contribution in [0.1, 0.15) is 22.3 Å². The number of halogens is 1. The topological polar surface area (TPSA) is 40.5 Å². The Kier molecular flexibility index (Phi) is 5.50. The lowest BCUT2D eigenvalue weighted by atomic mass is 9.86. The average molecular weight is 443 g/mol. The Labute approximate surface area is 178 Å². The first kappa shape index (κ1) is 19.0. The Hall–Kier alpha value is -3.30. The van der Waals surface area contributed by atoms with Crippen molar-refractivity contribution >= 4 is 27.1 Å². The first-order chi connectivity index (χ1) is 14.1. The van der Waals surface area contributed by atoms with E-state index in [4.69, 9.17) is 0 Å². The van der Waals surface area contributed by atoms with Crippen LogP contribution in [0.4, 0.5) is 0 Å². The summed E-state index contributed by atoms with van der Waals surface area (Å²) >= 11 is 3.52. The minimum absolute atomic E-state index is 0.226. The highest BCUT2D eigenvalue weighted by Crippen LogP contribution is 2.38. The summed E-state index contributed by atoms with van der Waals surface area (Å²) in [5, 5.41) is 19.6. The van der Waals surface area contributed by atoms with Crippen LogP contribution in [0.15, 0.2) is 108 Å². The molecule has 0 spiro atoms. The number of rotatable bonds is 4. The summed E-state index contributed by atoms with van der Waals surface area (Å²) in [5.41, 5.74) is 6.24. The predicted molar refractivity (Wildman–Crippen MR) is 122 cm³/mol. The van der Waals surface area contributed by atoms with E-state index in [1.807, 2.05) is 54.6 Å².